The Morgan fingerprint density at radius 2 is 1.88 bits per heavy atom. The molecule has 0 radical (unpaired) electrons. The average molecular weight is 245 g/mol. The van der Waals surface area contributed by atoms with Crippen molar-refractivity contribution in [2.24, 2.45) is 0 Å². The van der Waals surface area contributed by atoms with Crippen LogP contribution in [0.4, 0.5) is 0 Å². The lowest BCUT2D eigenvalue weighted by atomic mass is 10.2. The van der Waals surface area contributed by atoms with Crippen LogP contribution >= 0.6 is 0 Å². The van der Waals surface area contributed by atoms with Crippen LogP contribution in [0.3, 0.4) is 0 Å². The van der Waals surface area contributed by atoms with Crippen LogP contribution in [0.25, 0.3) is 0 Å². The lowest BCUT2D eigenvalue weighted by Gasteiger charge is -2.13. The highest BCUT2D eigenvalue weighted by Gasteiger charge is 2.17. The van der Waals surface area contributed by atoms with Crippen molar-refractivity contribution in [3.63, 3.8) is 0 Å². The minimum Gasteiger partial charge on any atom is -0.463 e. The first-order valence-corrected chi connectivity index (χ1v) is 5.53. The van der Waals surface area contributed by atoms with E-state index in [0.717, 1.165) is 0 Å². The predicted molar refractivity (Wildman–Crippen MR) is 59.9 cm³/mol. The van der Waals surface area contributed by atoms with Crippen LogP contribution in [0.2, 0.25) is 0 Å². The maximum absolute atomic E-state index is 11.2. The Bertz CT molecular complexity index is 290. The van der Waals surface area contributed by atoms with Gasteiger partial charge in [-0.2, -0.15) is 0 Å². The third kappa shape index (κ3) is 8.38. The Balaban J connectivity index is 3.92. The maximum Gasteiger partial charge on any atom is 0.308 e. The molecule has 0 heterocycles. The van der Waals surface area contributed by atoms with Crippen LogP contribution in [-0.4, -0.2) is 35.1 Å². The van der Waals surface area contributed by atoms with Crippen molar-refractivity contribution >= 4 is 17.8 Å². The summed E-state index contributed by atoms with van der Waals surface area (Å²) in [4.78, 5) is 32.9. The Labute approximate surface area is 100 Å². The van der Waals surface area contributed by atoms with Crippen LogP contribution in [0.1, 0.15) is 40.0 Å². The second kappa shape index (κ2) is 7.78. The minimum atomic E-state index is -1.13. The van der Waals surface area contributed by atoms with E-state index in [0.29, 0.717) is 6.42 Å². The number of imide groups is 1. The van der Waals surface area contributed by atoms with Gasteiger partial charge in [0.1, 0.15) is 0 Å². The summed E-state index contributed by atoms with van der Waals surface area (Å²) in [5, 5.41) is 11.4. The lowest BCUT2D eigenvalue weighted by Crippen LogP contribution is -2.32. The van der Waals surface area contributed by atoms with Gasteiger partial charge in [0, 0.05) is 6.92 Å². The number of aliphatic hydroxyl groups is 1. The van der Waals surface area contributed by atoms with Gasteiger partial charge in [0.25, 0.3) is 0 Å². The maximum atomic E-state index is 11.2. The standard InChI is InChI=1S/C11H19NO5/c1-4-7(2)17-11(16)6-9(14)5-10(15)12-8(3)13/h7,9,14H,4-6H2,1-3H3,(H,12,13,15). The van der Waals surface area contributed by atoms with Gasteiger partial charge >= 0.3 is 5.97 Å². The largest absolute Gasteiger partial charge is 0.463 e. The van der Waals surface area contributed by atoms with Gasteiger partial charge < -0.3 is 9.84 Å². The van der Waals surface area contributed by atoms with Gasteiger partial charge in [0.2, 0.25) is 11.8 Å². The Hall–Kier alpha value is -1.43. The number of esters is 1. The molecule has 0 aromatic rings. The third-order valence-corrected chi connectivity index (χ3v) is 2.05. The van der Waals surface area contributed by atoms with Crippen molar-refractivity contribution in [1.29, 1.82) is 0 Å². The molecule has 0 aromatic heterocycles. The number of hydrogen-bond donors (Lipinski definition) is 2. The molecule has 98 valence electrons. The Morgan fingerprint density at radius 1 is 1.29 bits per heavy atom. The third-order valence-electron chi connectivity index (χ3n) is 2.05. The van der Waals surface area contributed by atoms with Crippen molar-refractivity contribution in [2.75, 3.05) is 0 Å². The molecular formula is C11H19NO5. The van der Waals surface area contributed by atoms with Gasteiger partial charge in [0.15, 0.2) is 0 Å². The molecule has 0 aliphatic rings. The first-order valence-electron chi connectivity index (χ1n) is 5.53. The lowest BCUT2D eigenvalue weighted by molar-refractivity contribution is -0.150. The number of hydrogen-bond acceptors (Lipinski definition) is 5. The first-order chi connectivity index (χ1) is 7.85. The van der Waals surface area contributed by atoms with Gasteiger partial charge in [-0.25, -0.2) is 0 Å². The van der Waals surface area contributed by atoms with Crippen LogP contribution in [0, 0.1) is 0 Å². The van der Waals surface area contributed by atoms with E-state index in [1.54, 1.807) is 6.92 Å². The fraction of sp³-hybridized carbons (Fsp3) is 0.727. The second-order valence-corrected chi connectivity index (χ2v) is 3.88. The Morgan fingerprint density at radius 3 is 2.35 bits per heavy atom. The fourth-order valence-corrected chi connectivity index (χ4v) is 1.08. The number of nitrogens with one attached hydrogen (secondary N) is 1. The molecule has 2 N–H and O–H groups in total. The molecule has 0 rings (SSSR count). The van der Waals surface area contributed by atoms with Gasteiger partial charge in [0.05, 0.1) is 25.0 Å². The molecular weight excluding hydrogens is 226 g/mol. The van der Waals surface area contributed by atoms with Crippen LogP contribution in [-0.2, 0) is 19.1 Å². The van der Waals surface area contributed by atoms with E-state index < -0.39 is 23.9 Å². The number of carbonyl (C=O) groups is 3. The van der Waals surface area contributed by atoms with Crippen LogP contribution < -0.4 is 5.32 Å². The zero-order valence-electron chi connectivity index (χ0n) is 10.4. The van der Waals surface area contributed by atoms with Crippen molar-refractivity contribution in [2.45, 2.75) is 52.2 Å². The van der Waals surface area contributed by atoms with E-state index >= 15 is 0 Å². The van der Waals surface area contributed by atoms with Gasteiger partial charge in [-0.1, -0.05) is 6.92 Å². The van der Waals surface area contributed by atoms with Crippen molar-refractivity contribution in [3.8, 4) is 0 Å². The molecule has 0 aliphatic carbocycles. The van der Waals surface area contributed by atoms with Crippen molar-refractivity contribution in [1.82, 2.24) is 5.32 Å². The smallest absolute Gasteiger partial charge is 0.308 e. The van der Waals surface area contributed by atoms with E-state index in [1.165, 1.54) is 6.92 Å². The number of rotatable bonds is 6. The molecule has 17 heavy (non-hydrogen) atoms. The molecule has 0 aromatic carbocycles. The van der Waals surface area contributed by atoms with Crippen LogP contribution in [0.15, 0.2) is 0 Å². The molecule has 6 nitrogen and oxygen atoms in total. The topological polar surface area (TPSA) is 92.7 Å². The predicted octanol–water partition coefficient (Wildman–Crippen LogP) is 0.132. The quantitative estimate of drug-likeness (QED) is 0.649. The van der Waals surface area contributed by atoms with Crippen LogP contribution in [0.5, 0.6) is 0 Å². The summed E-state index contributed by atoms with van der Waals surface area (Å²) in [6.07, 6.45) is -1.20. The number of aliphatic hydroxyl groups excluding tert-OH is 1. The summed E-state index contributed by atoms with van der Waals surface area (Å²) >= 11 is 0. The molecule has 2 amide bonds. The molecule has 2 unspecified atom stereocenters. The van der Waals surface area contributed by atoms with E-state index in [2.05, 4.69) is 0 Å². The molecule has 0 fully saturated rings. The van der Waals surface area contributed by atoms with Gasteiger partial charge in [-0.15, -0.1) is 0 Å². The highest BCUT2D eigenvalue weighted by molar-refractivity contribution is 5.94. The van der Waals surface area contributed by atoms with Gasteiger partial charge in [-0.05, 0) is 13.3 Å². The zero-order chi connectivity index (χ0) is 13.4. The molecule has 0 aliphatic heterocycles. The highest BCUT2D eigenvalue weighted by Crippen LogP contribution is 2.04. The summed E-state index contributed by atoms with van der Waals surface area (Å²) < 4.78 is 4.94. The highest BCUT2D eigenvalue weighted by atomic mass is 16.5. The van der Waals surface area contributed by atoms with E-state index in [9.17, 15) is 19.5 Å². The normalized spacial score (nSPS) is 13.6. The van der Waals surface area contributed by atoms with Crippen molar-refractivity contribution < 1.29 is 24.2 Å². The van der Waals surface area contributed by atoms with E-state index in [4.69, 9.17) is 4.74 Å². The average Bonchev–Trinajstić information content (AvgIpc) is 2.14. The fourth-order valence-electron chi connectivity index (χ4n) is 1.08. The Kier molecular flexibility index (Phi) is 7.13. The van der Waals surface area contributed by atoms with Crippen molar-refractivity contribution in [3.05, 3.63) is 0 Å². The molecule has 0 spiro atoms. The number of amides is 2. The summed E-state index contributed by atoms with van der Waals surface area (Å²) in [5.41, 5.74) is 0. The summed E-state index contributed by atoms with van der Waals surface area (Å²) in [6.45, 7) is 4.81. The van der Waals surface area contributed by atoms with E-state index in [-0.39, 0.29) is 18.9 Å². The molecule has 2 atom stereocenters. The number of ether oxygens (including phenoxy) is 1. The zero-order valence-corrected chi connectivity index (χ0v) is 10.4. The summed E-state index contributed by atoms with van der Waals surface area (Å²) in [7, 11) is 0. The molecule has 0 saturated carbocycles. The molecule has 6 heteroatoms. The second-order valence-electron chi connectivity index (χ2n) is 3.88. The number of carbonyl (C=O) groups excluding carboxylic acids is 3. The summed E-state index contributed by atoms with van der Waals surface area (Å²) in [5.74, 6) is -1.66. The van der Waals surface area contributed by atoms with E-state index in [1.807, 2.05) is 12.2 Å². The summed E-state index contributed by atoms with van der Waals surface area (Å²) in [6, 6.07) is 0. The minimum absolute atomic E-state index is 0.208. The molecule has 0 bridgehead atoms. The SMILES string of the molecule is CCC(C)OC(=O)CC(O)CC(=O)NC(C)=O. The first kappa shape index (κ1) is 15.6. The monoisotopic (exact) mass is 245 g/mol. The molecule has 0 saturated heterocycles. The van der Waals surface area contributed by atoms with Gasteiger partial charge in [-0.3, -0.25) is 19.7 Å².